The first-order valence-electron chi connectivity index (χ1n) is 5.90. The molecule has 0 saturated carbocycles. The van der Waals surface area contributed by atoms with Crippen LogP contribution < -0.4 is 5.73 Å². The molecule has 0 aliphatic heterocycles. The Morgan fingerprint density at radius 2 is 1.67 bits per heavy atom. The van der Waals surface area contributed by atoms with E-state index in [-0.39, 0.29) is 28.5 Å². The maximum atomic E-state index is 13.7. The number of aromatic nitrogens is 2. The van der Waals surface area contributed by atoms with E-state index in [0.717, 1.165) is 6.07 Å². The Kier molecular flexibility index (Phi) is 3.09. The third-order valence-electron chi connectivity index (χ3n) is 2.86. The molecule has 1 aromatic heterocycles. The molecule has 4 nitrogen and oxygen atoms in total. The highest BCUT2D eigenvalue weighted by Gasteiger charge is 2.18. The topological polar surface area (TPSA) is 64.9 Å². The van der Waals surface area contributed by atoms with Crippen molar-refractivity contribution in [3.05, 3.63) is 53.8 Å². The Morgan fingerprint density at radius 1 is 0.905 bits per heavy atom. The van der Waals surface area contributed by atoms with Crippen molar-refractivity contribution in [3.63, 3.8) is 0 Å². The number of nitrogens with two attached hydrogens (primary N) is 1. The number of halogens is 3. The number of rotatable bonds is 2. The van der Waals surface area contributed by atoms with Crippen LogP contribution >= 0.6 is 0 Å². The van der Waals surface area contributed by atoms with Crippen molar-refractivity contribution in [3.8, 4) is 22.8 Å². The van der Waals surface area contributed by atoms with Crippen LogP contribution in [0.5, 0.6) is 0 Å². The lowest BCUT2D eigenvalue weighted by Gasteiger charge is -2.00. The van der Waals surface area contributed by atoms with Crippen LogP contribution in [-0.2, 0) is 0 Å². The summed E-state index contributed by atoms with van der Waals surface area (Å²) in [5, 5.41) is 3.59. The third kappa shape index (κ3) is 2.33. The van der Waals surface area contributed by atoms with Crippen LogP contribution in [0.3, 0.4) is 0 Å². The van der Waals surface area contributed by atoms with Gasteiger partial charge in [0.1, 0.15) is 17.5 Å². The van der Waals surface area contributed by atoms with Crippen LogP contribution in [-0.4, -0.2) is 10.1 Å². The Morgan fingerprint density at radius 3 is 2.43 bits per heavy atom. The van der Waals surface area contributed by atoms with Gasteiger partial charge in [-0.15, -0.1) is 0 Å². The Bertz CT molecular complexity index is 817. The predicted octanol–water partition coefficient (Wildman–Crippen LogP) is 3.40. The smallest absolute Gasteiger partial charge is 0.261 e. The van der Waals surface area contributed by atoms with E-state index in [2.05, 4.69) is 10.1 Å². The fourth-order valence-corrected chi connectivity index (χ4v) is 1.81. The molecule has 3 aromatic rings. The summed E-state index contributed by atoms with van der Waals surface area (Å²) in [6.07, 6.45) is 0. The molecule has 0 saturated heterocycles. The number of hydrogen-bond acceptors (Lipinski definition) is 4. The molecular formula is C14H8F3N3O. The highest BCUT2D eigenvalue weighted by Crippen LogP contribution is 2.28. The van der Waals surface area contributed by atoms with Crippen LogP contribution in [0.1, 0.15) is 0 Å². The molecule has 3 rings (SSSR count). The van der Waals surface area contributed by atoms with Gasteiger partial charge in [0.05, 0.1) is 16.8 Å². The van der Waals surface area contributed by atoms with E-state index in [1.54, 1.807) is 6.07 Å². The minimum atomic E-state index is -0.898. The molecule has 0 amide bonds. The lowest BCUT2D eigenvalue weighted by atomic mass is 10.1. The van der Waals surface area contributed by atoms with Crippen LogP contribution in [0, 0.1) is 17.5 Å². The lowest BCUT2D eigenvalue weighted by Crippen LogP contribution is -1.94. The molecule has 0 radical (unpaired) electrons. The zero-order valence-electron chi connectivity index (χ0n) is 10.5. The fourth-order valence-electron chi connectivity index (χ4n) is 1.81. The minimum absolute atomic E-state index is 0.0367. The summed E-state index contributed by atoms with van der Waals surface area (Å²) in [4.78, 5) is 3.91. The van der Waals surface area contributed by atoms with Gasteiger partial charge in [-0.3, -0.25) is 0 Å². The number of benzene rings is 2. The molecule has 0 bridgehead atoms. The van der Waals surface area contributed by atoms with E-state index in [1.807, 2.05) is 0 Å². The molecule has 1 heterocycles. The average molecular weight is 291 g/mol. The van der Waals surface area contributed by atoms with Crippen molar-refractivity contribution in [1.82, 2.24) is 10.1 Å². The van der Waals surface area contributed by atoms with Gasteiger partial charge in [0.15, 0.2) is 0 Å². The highest BCUT2D eigenvalue weighted by atomic mass is 19.1. The summed E-state index contributed by atoms with van der Waals surface area (Å²) in [6, 6.07) is 7.48. The molecule has 21 heavy (non-hydrogen) atoms. The molecule has 2 N–H and O–H groups in total. The number of nitrogen functional groups attached to an aromatic ring is 1. The molecule has 2 aromatic carbocycles. The van der Waals surface area contributed by atoms with Crippen LogP contribution in [0.2, 0.25) is 0 Å². The van der Waals surface area contributed by atoms with Crippen molar-refractivity contribution in [2.24, 2.45) is 0 Å². The van der Waals surface area contributed by atoms with Crippen molar-refractivity contribution >= 4 is 5.69 Å². The molecular weight excluding hydrogens is 283 g/mol. The molecule has 106 valence electrons. The second-order valence-corrected chi connectivity index (χ2v) is 4.26. The summed E-state index contributed by atoms with van der Waals surface area (Å²) in [6.45, 7) is 0. The number of anilines is 1. The van der Waals surface area contributed by atoms with E-state index in [9.17, 15) is 13.2 Å². The van der Waals surface area contributed by atoms with E-state index >= 15 is 0 Å². The maximum Gasteiger partial charge on any atom is 0.261 e. The zero-order valence-corrected chi connectivity index (χ0v) is 10.5. The van der Waals surface area contributed by atoms with Gasteiger partial charge < -0.3 is 10.3 Å². The van der Waals surface area contributed by atoms with Crippen molar-refractivity contribution in [1.29, 1.82) is 0 Å². The molecule has 0 fully saturated rings. The second-order valence-electron chi connectivity index (χ2n) is 4.26. The quantitative estimate of drug-likeness (QED) is 0.735. The standard InChI is InChI=1S/C14H8F3N3O/c15-9-4-2-1-3-7(9)13-19-14(21-20-13)8-5-12(18)11(17)6-10(8)16/h1-6H,18H2. The normalized spacial score (nSPS) is 10.8. The first-order valence-corrected chi connectivity index (χ1v) is 5.90. The molecule has 0 aliphatic carbocycles. The Labute approximate surface area is 117 Å². The third-order valence-corrected chi connectivity index (χ3v) is 2.86. The molecule has 0 aliphatic rings. The Hall–Kier alpha value is -2.83. The van der Waals surface area contributed by atoms with E-state index in [1.165, 1.54) is 18.2 Å². The van der Waals surface area contributed by atoms with Crippen molar-refractivity contribution in [2.45, 2.75) is 0 Å². The fraction of sp³-hybridized carbons (Fsp3) is 0. The minimum Gasteiger partial charge on any atom is -0.396 e. The average Bonchev–Trinajstić information content (AvgIpc) is 2.92. The summed E-state index contributed by atoms with van der Waals surface area (Å²) in [5.41, 5.74) is 5.09. The largest absolute Gasteiger partial charge is 0.396 e. The first kappa shape index (κ1) is 13.2. The Balaban J connectivity index is 2.07. The highest BCUT2D eigenvalue weighted by molar-refractivity contribution is 5.64. The van der Waals surface area contributed by atoms with Gasteiger partial charge in [-0.25, -0.2) is 13.2 Å². The van der Waals surface area contributed by atoms with Gasteiger partial charge >= 0.3 is 0 Å². The molecule has 0 unspecified atom stereocenters. The summed E-state index contributed by atoms with van der Waals surface area (Å²) in [7, 11) is 0. The first-order chi connectivity index (χ1) is 10.1. The van der Waals surface area contributed by atoms with Crippen LogP contribution in [0.15, 0.2) is 40.9 Å². The van der Waals surface area contributed by atoms with E-state index in [0.29, 0.717) is 6.07 Å². The summed E-state index contributed by atoms with van der Waals surface area (Å²) < 4.78 is 45.3. The summed E-state index contributed by atoms with van der Waals surface area (Å²) in [5.74, 6) is -2.57. The monoisotopic (exact) mass is 291 g/mol. The van der Waals surface area contributed by atoms with E-state index < -0.39 is 17.5 Å². The second kappa shape index (κ2) is 4.93. The van der Waals surface area contributed by atoms with Crippen LogP contribution in [0.25, 0.3) is 22.8 Å². The summed E-state index contributed by atoms with van der Waals surface area (Å²) >= 11 is 0. The van der Waals surface area contributed by atoms with Gasteiger partial charge in [0.2, 0.25) is 5.82 Å². The van der Waals surface area contributed by atoms with Gasteiger partial charge in [0.25, 0.3) is 5.89 Å². The van der Waals surface area contributed by atoms with Crippen molar-refractivity contribution in [2.75, 3.05) is 5.73 Å². The zero-order chi connectivity index (χ0) is 15.0. The maximum absolute atomic E-state index is 13.7. The van der Waals surface area contributed by atoms with Crippen LogP contribution in [0.4, 0.5) is 18.9 Å². The predicted molar refractivity (Wildman–Crippen MR) is 69.5 cm³/mol. The van der Waals surface area contributed by atoms with E-state index in [4.69, 9.17) is 10.3 Å². The molecule has 0 spiro atoms. The SMILES string of the molecule is Nc1cc(-c2nc(-c3ccccc3F)no2)c(F)cc1F. The van der Waals surface area contributed by atoms with Gasteiger partial charge in [-0.1, -0.05) is 17.3 Å². The van der Waals surface area contributed by atoms with Crippen molar-refractivity contribution < 1.29 is 17.7 Å². The van der Waals surface area contributed by atoms with Gasteiger partial charge in [-0.05, 0) is 18.2 Å². The molecule has 7 heteroatoms. The van der Waals surface area contributed by atoms with Gasteiger partial charge in [-0.2, -0.15) is 4.98 Å². The lowest BCUT2D eigenvalue weighted by molar-refractivity contribution is 0.429. The van der Waals surface area contributed by atoms with Gasteiger partial charge in [0, 0.05) is 6.07 Å². The number of hydrogen-bond donors (Lipinski definition) is 1. The number of nitrogens with zero attached hydrogens (tertiary/aromatic N) is 2. The molecule has 0 atom stereocenters.